The molecule has 19 heavy (non-hydrogen) atoms. The molecule has 3 N–H and O–H groups in total. The molecule has 0 radical (unpaired) electrons. The Kier molecular flexibility index (Phi) is 8.25. The van der Waals surface area contributed by atoms with Crippen LogP contribution in [0.2, 0.25) is 0 Å². The van der Waals surface area contributed by atoms with Crippen molar-refractivity contribution in [3.05, 3.63) is 12.2 Å². The lowest BCUT2D eigenvalue weighted by atomic mass is 10.1. The maximum atomic E-state index is 9.68. The lowest BCUT2D eigenvalue weighted by molar-refractivity contribution is -0.101. The van der Waals surface area contributed by atoms with E-state index in [9.17, 15) is 15.3 Å². The minimum Gasteiger partial charge on any atom is -0.394 e. The van der Waals surface area contributed by atoms with Crippen LogP contribution in [-0.4, -0.2) is 59.6 Å². The smallest absolute Gasteiger partial charge is 0.114 e. The summed E-state index contributed by atoms with van der Waals surface area (Å²) in [7, 11) is 0. The molecule has 0 aromatic carbocycles. The van der Waals surface area contributed by atoms with Crippen molar-refractivity contribution in [1.82, 2.24) is 0 Å². The Morgan fingerprint density at radius 2 is 2.11 bits per heavy atom. The highest BCUT2D eigenvalue weighted by Gasteiger charge is 2.40. The molecule has 1 aliphatic heterocycles. The van der Waals surface area contributed by atoms with E-state index >= 15 is 0 Å². The lowest BCUT2D eigenvalue weighted by Gasteiger charge is -2.24. The number of ether oxygens (including phenoxy) is 2. The molecule has 5 nitrogen and oxygen atoms in total. The van der Waals surface area contributed by atoms with Crippen molar-refractivity contribution in [2.75, 3.05) is 19.8 Å². The lowest BCUT2D eigenvalue weighted by Crippen LogP contribution is -2.42. The average molecular weight is 274 g/mol. The van der Waals surface area contributed by atoms with Gasteiger partial charge < -0.3 is 24.8 Å². The number of unbranched alkanes of at least 4 members (excludes halogenated alkanes) is 2. The zero-order chi connectivity index (χ0) is 14.1. The number of allylic oxidation sites excluding steroid dienone is 2. The van der Waals surface area contributed by atoms with E-state index in [4.69, 9.17) is 9.47 Å². The van der Waals surface area contributed by atoms with E-state index in [1.807, 2.05) is 0 Å². The van der Waals surface area contributed by atoms with E-state index in [0.29, 0.717) is 6.61 Å². The van der Waals surface area contributed by atoms with Gasteiger partial charge in [0.2, 0.25) is 0 Å². The van der Waals surface area contributed by atoms with E-state index in [0.717, 1.165) is 25.7 Å². The van der Waals surface area contributed by atoms with Gasteiger partial charge in [0.1, 0.15) is 24.4 Å². The van der Waals surface area contributed by atoms with Gasteiger partial charge in [0.15, 0.2) is 0 Å². The van der Waals surface area contributed by atoms with Gasteiger partial charge in [-0.1, -0.05) is 19.1 Å². The highest BCUT2D eigenvalue weighted by atomic mass is 16.6. The van der Waals surface area contributed by atoms with Gasteiger partial charge in [-0.25, -0.2) is 0 Å². The van der Waals surface area contributed by atoms with Gasteiger partial charge >= 0.3 is 0 Å². The van der Waals surface area contributed by atoms with Crippen LogP contribution >= 0.6 is 0 Å². The summed E-state index contributed by atoms with van der Waals surface area (Å²) in [5.41, 5.74) is 0. The first kappa shape index (κ1) is 16.6. The second kappa shape index (κ2) is 9.44. The molecule has 0 saturated carbocycles. The van der Waals surface area contributed by atoms with Gasteiger partial charge in [-0.3, -0.25) is 0 Å². The molecule has 1 aliphatic rings. The Labute approximate surface area is 114 Å². The molecule has 1 fully saturated rings. The Bertz CT molecular complexity index is 256. The van der Waals surface area contributed by atoms with Gasteiger partial charge in [-0.2, -0.15) is 0 Å². The van der Waals surface area contributed by atoms with E-state index in [-0.39, 0.29) is 13.2 Å². The maximum Gasteiger partial charge on any atom is 0.114 e. The van der Waals surface area contributed by atoms with Crippen LogP contribution in [0, 0.1) is 0 Å². The van der Waals surface area contributed by atoms with Crippen LogP contribution in [0.15, 0.2) is 12.2 Å². The Hall–Kier alpha value is -0.460. The fourth-order valence-electron chi connectivity index (χ4n) is 2.09. The molecule has 1 saturated heterocycles. The van der Waals surface area contributed by atoms with Gasteiger partial charge in [-0.05, 0) is 25.7 Å². The van der Waals surface area contributed by atoms with Crippen LogP contribution in [-0.2, 0) is 9.47 Å². The van der Waals surface area contributed by atoms with E-state index in [1.165, 1.54) is 0 Å². The van der Waals surface area contributed by atoms with Crippen LogP contribution in [0.3, 0.4) is 0 Å². The minimum atomic E-state index is -0.982. The van der Waals surface area contributed by atoms with Crippen molar-refractivity contribution >= 4 is 0 Å². The molecule has 0 unspecified atom stereocenters. The van der Waals surface area contributed by atoms with Gasteiger partial charge in [0.05, 0.1) is 13.2 Å². The molecule has 1 heterocycles. The van der Waals surface area contributed by atoms with Crippen LogP contribution in [0.25, 0.3) is 0 Å². The molecule has 0 spiro atoms. The van der Waals surface area contributed by atoms with Gasteiger partial charge in [0.25, 0.3) is 0 Å². The minimum absolute atomic E-state index is 0.0908. The van der Waals surface area contributed by atoms with Gasteiger partial charge in [0, 0.05) is 6.61 Å². The predicted molar refractivity (Wildman–Crippen MR) is 71.9 cm³/mol. The molecule has 0 aromatic rings. The summed E-state index contributed by atoms with van der Waals surface area (Å²) in [6.07, 6.45) is 5.24. The number of aliphatic hydroxyl groups excluding tert-OH is 3. The number of aliphatic hydroxyl groups is 3. The molecule has 0 amide bonds. The first-order valence-corrected chi connectivity index (χ1v) is 7.05. The molecule has 0 aromatic heterocycles. The highest BCUT2D eigenvalue weighted by Crippen LogP contribution is 2.19. The van der Waals surface area contributed by atoms with Crippen molar-refractivity contribution < 1.29 is 24.8 Å². The van der Waals surface area contributed by atoms with Crippen molar-refractivity contribution in [3.8, 4) is 0 Å². The van der Waals surface area contributed by atoms with Crippen molar-refractivity contribution in [2.45, 2.75) is 57.0 Å². The van der Waals surface area contributed by atoms with Gasteiger partial charge in [-0.15, -0.1) is 0 Å². The first-order chi connectivity index (χ1) is 9.20. The molecule has 4 atom stereocenters. The summed E-state index contributed by atoms with van der Waals surface area (Å²) in [5.74, 6) is 0. The first-order valence-electron chi connectivity index (χ1n) is 7.05. The predicted octanol–water partition coefficient (Wildman–Crippen LogP) is 0.621. The van der Waals surface area contributed by atoms with Crippen LogP contribution < -0.4 is 0 Å². The second-order valence-electron chi connectivity index (χ2n) is 4.82. The molecule has 0 aliphatic carbocycles. The fraction of sp³-hybridized carbons (Fsp3) is 0.857. The summed E-state index contributed by atoms with van der Waals surface area (Å²) in [5, 5.41) is 28.3. The average Bonchev–Trinajstić information content (AvgIpc) is 2.74. The van der Waals surface area contributed by atoms with E-state index in [1.54, 1.807) is 0 Å². The summed E-state index contributed by atoms with van der Waals surface area (Å²) < 4.78 is 10.8. The highest BCUT2D eigenvalue weighted by molar-refractivity contribution is 4.88. The SMILES string of the molecule is CC/C=C/CCCCO[C@@H](CO)[C@@H]1OC[C@@H](O)[C@@H]1O. The van der Waals surface area contributed by atoms with Crippen molar-refractivity contribution in [3.63, 3.8) is 0 Å². The Balaban J connectivity index is 2.17. The summed E-state index contributed by atoms with van der Waals surface area (Å²) in [4.78, 5) is 0. The largest absolute Gasteiger partial charge is 0.394 e. The molecule has 0 bridgehead atoms. The van der Waals surface area contributed by atoms with Crippen LogP contribution in [0.4, 0.5) is 0 Å². The Morgan fingerprint density at radius 3 is 2.68 bits per heavy atom. The third-order valence-electron chi connectivity index (χ3n) is 3.24. The topological polar surface area (TPSA) is 79.2 Å². The summed E-state index contributed by atoms with van der Waals surface area (Å²) in [6, 6.07) is 0. The zero-order valence-electron chi connectivity index (χ0n) is 11.6. The molecule has 5 heteroatoms. The summed E-state index contributed by atoms with van der Waals surface area (Å²) >= 11 is 0. The van der Waals surface area contributed by atoms with E-state index in [2.05, 4.69) is 19.1 Å². The Morgan fingerprint density at radius 1 is 1.32 bits per heavy atom. The molecular weight excluding hydrogens is 248 g/mol. The van der Waals surface area contributed by atoms with E-state index < -0.39 is 24.4 Å². The number of hydrogen-bond donors (Lipinski definition) is 3. The van der Waals surface area contributed by atoms with Crippen LogP contribution in [0.1, 0.15) is 32.6 Å². The zero-order valence-corrected chi connectivity index (χ0v) is 11.6. The normalized spacial score (nSPS) is 29.2. The molecular formula is C14H26O5. The fourth-order valence-corrected chi connectivity index (χ4v) is 2.09. The molecule has 112 valence electrons. The van der Waals surface area contributed by atoms with Crippen LogP contribution in [0.5, 0.6) is 0 Å². The molecule has 1 rings (SSSR count). The maximum absolute atomic E-state index is 9.68. The standard InChI is InChI=1S/C14H26O5/c1-2-3-4-5-6-7-8-18-12(9-15)14-13(17)11(16)10-19-14/h3-4,11-17H,2,5-10H2,1H3/b4-3+/t11-,12+,13+,14+/m1/s1. The third kappa shape index (κ3) is 5.58. The van der Waals surface area contributed by atoms with Crippen molar-refractivity contribution in [2.24, 2.45) is 0 Å². The quantitative estimate of drug-likeness (QED) is 0.424. The monoisotopic (exact) mass is 274 g/mol. The number of hydrogen-bond acceptors (Lipinski definition) is 5. The number of rotatable bonds is 9. The summed E-state index contributed by atoms with van der Waals surface area (Å²) in [6.45, 7) is 2.50. The third-order valence-corrected chi connectivity index (χ3v) is 3.24. The second-order valence-corrected chi connectivity index (χ2v) is 4.82. The van der Waals surface area contributed by atoms with Crippen molar-refractivity contribution in [1.29, 1.82) is 0 Å².